The lowest BCUT2D eigenvalue weighted by Crippen LogP contribution is -2.20. The smallest absolute Gasteiger partial charge is 0.119 e. The molecule has 0 aliphatic rings. The zero-order chi connectivity index (χ0) is 13.3. The van der Waals surface area contributed by atoms with Crippen molar-refractivity contribution < 1.29 is 4.74 Å². The molecule has 2 aromatic rings. The van der Waals surface area contributed by atoms with E-state index in [0.717, 1.165) is 31.7 Å². The highest BCUT2D eigenvalue weighted by molar-refractivity contribution is 5.28. The Kier molecular flexibility index (Phi) is 5.38. The van der Waals surface area contributed by atoms with Crippen molar-refractivity contribution in [1.82, 2.24) is 10.3 Å². The van der Waals surface area contributed by atoms with Crippen LogP contribution in [0.5, 0.6) is 5.75 Å². The van der Waals surface area contributed by atoms with E-state index in [1.54, 1.807) is 7.11 Å². The van der Waals surface area contributed by atoms with Crippen LogP contribution in [0.25, 0.3) is 0 Å². The molecule has 3 nitrogen and oxygen atoms in total. The molecule has 0 saturated carbocycles. The molecule has 1 aromatic carbocycles. The second kappa shape index (κ2) is 7.54. The van der Waals surface area contributed by atoms with Crippen molar-refractivity contribution >= 4 is 0 Å². The Bertz CT molecular complexity index is 485. The van der Waals surface area contributed by atoms with E-state index in [2.05, 4.69) is 34.6 Å². The van der Waals surface area contributed by atoms with Crippen molar-refractivity contribution in [2.24, 2.45) is 0 Å². The average Bonchev–Trinajstić information content (AvgIpc) is 2.48. The minimum Gasteiger partial charge on any atom is -0.497 e. The summed E-state index contributed by atoms with van der Waals surface area (Å²) in [6, 6.07) is 12.3. The molecule has 0 amide bonds. The fourth-order valence-electron chi connectivity index (χ4n) is 1.97. The molecule has 1 N–H and O–H groups in total. The van der Waals surface area contributed by atoms with Crippen LogP contribution in [0.15, 0.2) is 48.8 Å². The van der Waals surface area contributed by atoms with E-state index in [9.17, 15) is 0 Å². The summed E-state index contributed by atoms with van der Waals surface area (Å²) >= 11 is 0. The topological polar surface area (TPSA) is 34.1 Å². The number of nitrogens with one attached hydrogen (secondary N) is 1. The van der Waals surface area contributed by atoms with Gasteiger partial charge in [-0.3, -0.25) is 4.98 Å². The molecule has 0 spiro atoms. The van der Waals surface area contributed by atoms with Gasteiger partial charge in [0.05, 0.1) is 7.11 Å². The Morgan fingerprint density at radius 1 is 1.00 bits per heavy atom. The Labute approximate surface area is 114 Å². The van der Waals surface area contributed by atoms with Crippen LogP contribution in [-0.2, 0) is 12.8 Å². The van der Waals surface area contributed by atoms with E-state index in [4.69, 9.17) is 4.74 Å². The third-order valence-corrected chi connectivity index (χ3v) is 3.06. The van der Waals surface area contributed by atoms with Gasteiger partial charge in [0.15, 0.2) is 0 Å². The van der Waals surface area contributed by atoms with Gasteiger partial charge in [-0.2, -0.15) is 0 Å². The van der Waals surface area contributed by atoms with Crippen LogP contribution in [0.3, 0.4) is 0 Å². The van der Waals surface area contributed by atoms with Gasteiger partial charge in [-0.05, 0) is 61.3 Å². The molecule has 1 aromatic heterocycles. The van der Waals surface area contributed by atoms with Gasteiger partial charge in [-0.15, -0.1) is 0 Å². The maximum Gasteiger partial charge on any atom is 0.119 e. The zero-order valence-electron chi connectivity index (χ0n) is 11.3. The summed E-state index contributed by atoms with van der Waals surface area (Å²) in [6.45, 7) is 1.98. The first-order valence-corrected chi connectivity index (χ1v) is 6.61. The molecule has 0 atom stereocenters. The zero-order valence-corrected chi connectivity index (χ0v) is 11.3. The van der Waals surface area contributed by atoms with Crippen molar-refractivity contribution in [3.8, 4) is 5.75 Å². The second-order valence-corrected chi connectivity index (χ2v) is 4.46. The van der Waals surface area contributed by atoms with Crippen LogP contribution < -0.4 is 10.1 Å². The summed E-state index contributed by atoms with van der Waals surface area (Å²) in [4.78, 5) is 4.01. The van der Waals surface area contributed by atoms with Gasteiger partial charge >= 0.3 is 0 Å². The molecule has 0 aliphatic heterocycles. The van der Waals surface area contributed by atoms with Crippen LogP contribution in [0, 0.1) is 0 Å². The summed E-state index contributed by atoms with van der Waals surface area (Å²) in [5.41, 5.74) is 2.62. The van der Waals surface area contributed by atoms with E-state index in [1.165, 1.54) is 11.1 Å². The predicted molar refractivity (Wildman–Crippen MR) is 77.5 cm³/mol. The van der Waals surface area contributed by atoms with Crippen LogP contribution in [0.1, 0.15) is 11.1 Å². The number of methoxy groups -OCH3 is 1. The maximum absolute atomic E-state index is 5.21. The molecule has 0 saturated heterocycles. The summed E-state index contributed by atoms with van der Waals surface area (Å²) in [7, 11) is 1.70. The number of ether oxygens (including phenoxy) is 1. The van der Waals surface area contributed by atoms with E-state index in [1.807, 2.05) is 24.5 Å². The van der Waals surface area contributed by atoms with Gasteiger partial charge < -0.3 is 10.1 Å². The van der Waals surface area contributed by atoms with Gasteiger partial charge in [0.2, 0.25) is 0 Å². The Hall–Kier alpha value is -1.87. The number of hydrogen-bond donors (Lipinski definition) is 1. The highest BCUT2D eigenvalue weighted by Gasteiger charge is 1.96. The van der Waals surface area contributed by atoms with Crippen LogP contribution >= 0.6 is 0 Å². The quantitative estimate of drug-likeness (QED) is 0.773. The fraction of sp³-hybridized carbons (Fsp3) is 0.312. The Morgan fingerprint density at radius 2 is 1.74 bits per heavy atom. The van der Waals surface area contributed by atoms with Gasteiger partial charge in [-0.25, -0.2) is 0 Å². The van der Waals surface area contributed by atoms with Gasteiger partial charge in [-0.1, -0.05) is 12.1 Å². The largest absolute Gasteiger partial charge is 0.497 e. The number of pyridine rings is 1. The number of nitrogens with zero attached hydrogens (tertiary/aromatic N) is 1. The Morgan fingerprint density at radius 3 is 2.47 bits per heavy atom. The average molecular weight is 256 g/mol. The number of rotatable bonds is 7. The van der Waals surface area contributed by atoms with Crippen molar-refractivity contribution in [2.75, 3.05) is 20.2 Å². The monoisotopic (exact) mass is 256 g/mol. The van der Waals surface area contributed by atoms with Crippen LogP contribution in [-0.4, -0.2) is 25.2 Å². The summed E-state index contributed by atoms with van der Waals surface area (Å²) in [5.74, 6) is 0.925. The first kappa shape index (κ1) is 13.6. The van der Waals surface area contributed by atoms with Gasteiger partial charge in [0.25, 0.3) is 0 Å². The molecule has 0 aliphatic carbocycles. The van der Waals surface area contributed by atoms with E-state index < -0.39 is 0 Å². The predicted octanol–water partition coefficient (Wildman–Crippen LogP) is 2.47. The van der Waals surface area contributed by atoms with Crippen molar-refractivity contribution in [3.05, 3.63) is 59.9 Å². The molecular formula is C16H20N2O. The number of hydrogen-bond acceptors (Lipinski definition) is 3. The molecule has 0 bridgehead atoms. The molecular weight excluding hydrogens is 236 g/mol. The lowest BCUT2D eigenvalue weighted by molar-refractivity contribution is 0.414. The van der Waals surface area contributed by atoms with Crippen LogP contribution in [0.4, 0.5) is 0 Å². The van der Waals surface area contributed by atoms with Gasteiger partial charge in [0.1, 0.15) is 5.75 Å². The number of aromatic nitrogens is 1. The highest BCUT2D eigenvalue weighted by atomic mass is 16.5. The van der Waals surface area contributed by atoms with Crippen LogP contribution in [0.2, 0.25) is 0 Å². The third-order valence-electron chi connectivity index (χ3n) is 3.06. The first-order valence-electron chi connectivity index (χ1n) is 6.61. The van der Waals surface area contributed by atoms with Crippen molar-refractivity contribution in [1.29, 1.82) is 0 Å². The molecule has 19 heavy (non-hydrogen) atoms. The van der Waals surface area contributed by atoms with E-state index in [0.29, 0.717) is 0 Å². The lowest BCUT2D eigenvalue weighted by Gasteiger charge is -2.06. The number of benzene rings is 1. The SMILES string of the molecule is COc1cccc(CCNCCc2ccncc2)c1. The minimum atomic E-state index is 0.925. The second-order valence-electron chi connectivity index (χ2n) is 4.46. The summed E-state index contributed by atoms with van der Waals surface area (Å²) in [6.07, 6.45) is 5.74. The first-order chi connectivity index (χ1) is 9.38. The molecule has 0 unspecified atom stereocenters. The maximum atomic E-state index is 5.21. The third kappa shape index (κ3) is 4.72. The molecule has 0 fully saturated rings. The van der Waals surface area contributed by atoms with E-state index >= 15 is 0 Å². The fourth-order valence-corrected chi connectivity index (χ4v) is 1.97. The molecule has 3 heteroatoms. The van der Waals surface area contributed by atoms with E-state index in [-0.39, 0.29) is 0 Å². The standard InChI is InChI=1S/C16H20N2O/c1-19-16-4-2-3-15(13-16)8-12-18-11-7-14-5-9-17-10-6-14/h2-6,9-10,13,18H,7-8,11-12H2,1H3. The van der Waals surface area contributed by atoms with Crippen molar-refractivity contribution in [3.63, 3.8) is 0 Å². The normalized spacial score (nSPS) is 10.4. The highest BCUT2D eigenvalue weighted by Crippen LogP contribution is 2.12. The van der Waals surface area contributed by atoms with Gasteiger partial charge in [0, 0.05) is 12.4 Å². The van der Waals surface area contributed by atoms with Crippen molar-refractivity contribution in [2.45, 2.75) is 12.8 Å². The Balaban J connectivity index is 1.66. The summed E-state index contributed by atoms with van der Waals surface area (Å²) < 4.78 is 5.21. The molecule has 0 radical (unpaired) electrons. The minimum absolute atomic E-state index is 0.925. The summed E-state index contributed by atoms with van der Waals surface area (Å²) in [5, 5.41) is 3.46. The molecule has 100 valence electrons. The molecule has 2 rings (SSSR count). The molecule has 1 heterocycles. The lowest BCUT2D eigenvalue weighted by atomic mass is 10.1.